The van der Waals surface area contributed by atoms with Gasteiger partial charge in [0.05, 0.1) is 12.7 Å². The van der Waals surface area contributed by atoms with Gasteiger partial charge in [-0.15, -0.1) is 0 Å². The van der Waals surface area contributed by atoms with Crippen LogP contribution in [0.4, 0.5) is 0 Å². The SMILES string of the molecule is C[C@@H](CO[Si](c1ccccc1)(c1ccccc1)C(C)(C)C)C[C@H](C)C[C@H](C)[C@@H](O)CCOCc1ccccc1. The van der Waals surface area contributed by atoms with Gasteiger partial charge in [-0.1, -0.05) is 133 Å². The lowest BCUT2D eigenvalue weighted by Crippen LogP contribution is -2.66. The topological polar surface area (TPSA) is 38.7 Å². The number of rotatable bonds is 15. The van der Waals surface area contributed by atoms with Gasteiger partial charge >= 0.3 is 0 Å². The molecule has 0 aromatic heterocycles. The molecule has 0 saturated carbocycles. The summed E-state index contributed by atoms with van der Waals surface area (Å²) in [4.78, 5) is 0. The van der Waals surface area contributed by atoms with Gasteiger partial charge in [-0.3, -0.25) is 0 Å². The van der Waals surface area contributed by atoms with Crippen LogP contribution in [0.5, 0.6) is 0 Å². The van der Waals surface area contributed by atoms with Crippen molar-refractivity contribution in [1.82, 2.24) is 0 Å². The van der Waals surface area contributed by atoms with E-state index < -0.39 is 8.32 Å². The van der Waals surface area contributed by atoms with Crippen LogP contribution in [-0.2, 0) is 15.8 Å². The van der Waals surface area contributed by atoms with E-state index in [9.17, 15) is 5.11 Å². The van der Waals surface area contributed by atoms with Crippen molar-refractivity contribution in [3.05, 3.63) is 96.6 Å². The van der Waals surface area contributed by atoms with Gasteiger partial charge in [-0.25, -0.2) is 0 Å². The van der Waals surface area contributed by atoms with E-state index in [0.717, 1.165) is 19.4 Å². The highest BCUT2D eigenvalue weighted by Gasteiger charge is 2.50. The number of ether oxygens (including phenoxy) is 1. The van der Waals surface area contributed by atoms with Crippen molar-refractivity contribution in [2.24, 2.45) is 17.8 Å². The normalized spacial score (nSPS) is 15.5. The van der Waals surface area contributed by atoms with E-state index in [2.05, 4.69) is 114 Å². The molecule has 0 aliphatic carbocycles. The fourth-order valence-electron chi connectivity index (χ4n) is 5.92. The molecule has 3 aromatic rings. The van der Waals surface area contributed by atoms with Crippen molar-refractivity contribution in [2.75, 3.05) is 13.2 Å². The second-order valence-corrected chi connectivity index (χ2v) is 16.8. The minimum atomic E-state index is -2.51. The first-order chi connectivity index (χ1) is 18.6. The first-order valence-electron chi connectivity index (χ1n) is 14.7. The number of aliphatic hydroxyl groups excluding tert-OH is 1. The molecule has 3 aromatic carbocycles. The van der Waals surface area contributed by atoms with Gasteiger partial charge in [-0.05, 0) is 58.0 Å². The first kappa shape index (κ1) is 31.3. The van der Waals surface area contributed by atoms with E-state index in [4.69, 9.17) is 9.16 Å². The Morgan fingerprint density at radius 2 is 1.23 bits per heavy atom. The molecule has 1 N–H and O–H groups in total. The Morgan fingerprint density at radius 1 is 0.718 bits per heavy atom. The molecule has 0 amide bonds. The number of benzene rings is 3. The van der Waals surface area contributed by atoms with Gasteiger partial charge in [0.1, 0.15) is 0 Å². The minimum absolute atomic E-state index is 0.0117. The van der Waals surface area contributed by atoms with Crippen molar-refractivity contribution < 1.29 is 14.3 Å². The smallest absolute Gasteiger partial charge is 0.261 e. The van der Waals surface area contributed by atoms with E-state index in [1.165, 1.54) is 15.9 Å². The van der Waals surface area contributed by atoms with Crippen LogP contribution in [0.15, 0.2) is 91.0 Å². The Kier molecular flexibility index (Phi) is 12.0. The molecule has 3 nitrogen and oxygen atoms in total. The Labute approximate surface area is 238 Å². The summed E-state index contributed by atoms with van der Waals surface area (Å²) in [5.41, 5.74) is 1.17. The minimum Gasteiger partial charge on any atom is -0.407 e. The number of hydrogen-bond donors (Lipinski definition) is 1. The third-order valence-electron chi connectivity index (χ3n) is 7.91. The first-order valence-corrected chi connectivity index (χ1v) is 16.6. The van der Waals surface area contributed by atoms with Crippen LogP contribution >= 0.6 is 0 Å². The summed E-state index contributed by atoms with van der Waals surface area (Å²) in [6.45, 7) is 15.7. The van der Waals surface area contributed by atoms with Crippen molar-refractivity contribution in [3.8, 4) is 0 Å². The summed E-state index contributed by atoms with van der Waals surface area (Å²) < 4.78 is 13.0. The van der Waals surface area contributed by atoms with E-state index in [0.29, 0.717) is 31.5 Å². The lowest BCUT2D eigenvalue weighted by Gasteiger charge is -2.43. The predicted octanol–water partition coefficient (Wildman–Crippen LogP) is 7.22. The van der Waals surface area contributed by atoms with Crippen molar-refractivity contribution in [1.29, 1.82) is 0 Å². The Hall–Kier alpha value is -2.24. The quantitative estimate of drug-likeness (QED) is 0.162. The molecule has 0 bridgehead atoms. The van der Waals surface area contributed by atoms with E-state index in [-0.39, 0.29) is 17.1 Å². The standard InChI is InChI=1S/C35H50O3Si/c1-28(25-30(3)34(36)22-23-37-27-31-16-10-7-11-17-31)24-29(2)26-38-39(35(4,5)6,32-18-12-8-13-19-32)33-20-14-9-15-21-33/h7-21,28-30,34,36H,22-27H2,1-6H3/t28-,29+,30-,34-/m0/s1. The highest BCUT2D eigenvalue weighted by Crippen LogP contribution is 2.37. The monoisotopic (exact) mass is 546 g/mol. The van der Waals surface area contributed by atoms with Crippen LogP contribution in [0.1, 0.15) is 66.4 Å². The summed E-state index contributed by atoms with van der Waals surface area (Å²) in [6, 6.07) is 32.0. The molecular weight excluding hydrogens is 496 g/mol. The van der Waals surface area contributed by atoms with Crippen LogP contribution < -0.4 is 10.4 Å². The van der Waals surface area contributed by atoms with Crippen LogP contribution in [0.2, 0.25) is 5.04 Å². The van der Waals surface area contributed by atoms with Gasteiger partial charge in [0.25, 0.3) is 8.32 Å². The highest BCUT2D eigenvalue weighted by molar-refractivity contribution is 6.99. The van der Waals surface area contributed by atoms with Gasteiger partial charge in [0.2, 0.25) is 0 Å². The van der Waals surface area contributed by atoms with Gasteiger partial charge in [0.15, 0.2) is 0 Å². The van der Waals surface area contributed by atoms with Gasteiger partial charge in [-0.2, -0.15) is 0 Å². The zero-order valence-electron chi connectivity index (χ0n) is 25.0. The Morgan fingerprint density at radius 3 is 1.74 bits per heavy atom. The average Bonchev–Trinajstić information content (AvgIpc) is 2.92. The molecular formula is C35H50O3Si. The molecule has 39 heavy (non-hydrogen) atoms. The third kappa shape index (κ3) is 8.88. The van der Waals surface area contributed by atoms with Gasteiger partial charge in [0, 0.05) is 13.2 Å². The lowest BCUT2D eigenvalue weighted by molar-refractivity contribution is 0.0423. The van der Waals surface area contributed by atoms with E-state index in [1.807, 2.05) is 18.2 Å². The highest BCUT2D eigenvalue weighted by atomic mass is 28.4. The van der Waals surface area contributed by atoms with Gasteiger partial charge < -0.3 is 14.3 Å². The van der Waals surface area contributed by atoms with Crippen molar-refractivity contribution >= 4 is 18.7 Å². The van der Waals surface area contributed by atoms with Crippen molar-refractivity contribution in [2.45, 2.75) is 78.6 Å². The zero-order valence-corrected chi connectivity index (χ0v) is 26.0. The number of aliphatic hydroxyl groups is 1. The maximum Gasteiger partial charge on any atom is 0.261 e. The summed E-state index contributed by atoms with van der Waals surface area (Å²) in [6.07, 6.45) is 2.42. The largest absolute Gasteiger partial charge is 0.407 e. The molecule has 0 aliphatic rings. The maximum atomic E-state index is 10.8. The Balaban J connectivity index is 1.55. The zero-order chi connectivity index (χ0) is 28.3. The number of hydrogen-bond acceptors (Lipinski definition) is 3. The van der Waals surface area contributed by atoms with Crippen LogP contribution in [0.3, 0.4) is 0 Å². The molecule has 0 fully saturated rings. The molecule has 0 radical (unpaired) electrons. The molecule has 3 rings (SSSR count). The molecule has 4 heteroatoms. The molecule has 4 atom stereocenters. The summed E-state index contributed by atoms with van der Waals surface area (Å²) in [5.74, 6) is 1.18. The second kappa shape index (κ2) is 14.9. The molecule has 0 spiro atoms. The van der Waals surface area contributed by atoms with Crippen molar-refractivity contribution in [3.63, 3.8) is 0 Å². The van der Waals surface area contributed by atoms with Crippen LogP contribution in [-0.4, -0.2) is 32.7 Å². The average molecular weight is 547 g/mol. The molecule has 0 saturated heterocycles. The molecule has 0 unspecified atom stereocenters. The van der Waals surface area contributed by atoms with Crippen LogP contribution in [0.25, 0.3) is 0 Å². The summed E-state index contributed by atoms with van der Waals surface area (Å²) in [5, 5.41) is 13.4. The second-order valence-electron chi connectivity index (χ2n) is 12.5. The lowest BCUT2D eigenvalue weighted by atomic mass is 9.87. The summed E-state index contributed by atoms with van der Waals surface area (Å²) in [7, 11) is -2.51. The molecule has 0 heterocycles. The summed E-state index contributed by atoms with van der Waals surface area (Å²) >= 11 is 0. The molecule has 212 valence electrons. The fourth-order valence-corrected chi connectivity index (χ4v) is 10.6. The Bertz CT molecular complexity index is 1030. The third-order valence-corrected chi connectivity index (χ3v) is 12.9. The van der Waals surface area contributed by atoms with Crippen LogP contribution in [0, 0.1) is 17.8 Å². The fraction of sp³-hybridized carbons (Fsp3) is 0.486. The molecule has 0 aliphatic heterocycles. The predicted molar refractivity (Wildman–Crippen MR) is 167 cm³/mol. The maximum absolute atomic E-state index is 10.8. The van der Waals surface area contributed by atoms with E-state index >= 15 is 0 Å². The van der Waals surface area contributed by atoms with E-state index in [1.54, 1.807) is 0 Å².